The number of aryl methyl sites for hydroxylation is 7. The average molecular weight is 1530 g/mol. The Balaban J connectivity index is 0.000000181. The van der Waals surface area contributed by atoms with Crippen LogP contribution in [0, 0.1) is 48.5 Å². The van der Waals surface area contributed by atoms with Crippen LogP contribution in [-0.2, 0) is 54.1 Å². The van der Waals surface area contributed by atoms with Crippen molar-refractivity contribution in [2.75, 3.05) is 0 Å². The third-order valence-corrected chi connectivity index (χ3v) is 22.7. The van der Waals surface area contributed by atoms with Crippen LogP contribution in [0.5, 0.6) is 0 Å². The highest BCUT2D eigenvalue weighted by molar-refractivity contribution is 5.88. The molecule has 0 fully saturated rings. The first-order chi connectivity index (χ1) is 52.7. The van der Waals surface area contributed by atoms with Gasteiger partial charge < -0.3 is 0 Å². The van der Waals surface area contributed by atoms with Crippen molar-refractivity contribution in [3.63, 3.8) is 0 Å². The van der Waals surface area contributed by atoms with Crippen LogP contribution in [0.3, 0.4) is 0 Å². The van der Waals surface area contributed by atoms with Crippen LogP contribution in [0.2, 0.25) is 0 Å². The molecule has 12 aromatic carbocycles. The summed E-state index contributed by atoms with van der Waals surface area (Å²) in [6, 6.07) is 84.3. The van der Waals surface area contributed by atoms with Crippen LogP contribution in [0.25, 0.3) is 77.2 Å². The summed E-state index contributed by atoms with van der Waals surface area (Å²) >= 11 is 0. The van der Waals surface area contributed by atoms with Crippen molar-refractivity contribution < 1.29 is 0 Å². The standard InChI is InChI=1S/C28H34.C27H32.C21H28.C20H28.C19H26/c1-19-9-13-21(14-10-19)23-17-26(28(6,7)8)24(18-25(23)27(3,4)5)22-15-11-20(2)12-16-22;1-19-13-15-21(16-14-19)23-18-24(26(2,3)4)22(17-25(23)27(5,6)7)20-11-9-8-10-12-20;1-15-8-10-16(11-9-15)18-14-17(20(2,3)4)12-13-19(18)21(5,6)7;1-13-9-15-11-17(19(3,4)5)18(20(6,7)8)12-16(15)10-14(13)2;1-13-8-9-14-11-16(18(2,3)4)17(19(5,6)7)12-15(14)10-13/h9-18H,1-8H3;8-18H,1-7H3;8-14H,1-7H3;9-12H,1-8H3;8-12H,1-7H3. The van der Waals surface area contributed by atoms with Gasteiger partial charge in [-0.05, 0) is 271 Å². The van der Waals surface area contributed by atoms with E-state index < -0.39 is 0 Å². The van der Waals surface area contributed by atoms with E-state index in [1.54, 1.807) is 0 Å². The number of fused-ring (bicyclic) bond motifs is 2. The molecule has 0 saturated heterocycles. The molecule has 12 rings (SSSR count). The van der Waals surface area contributed by atoms with Gasteiger partial charge in [0.1, 0.15) is 0 Å². The number of hydrogen-bond acceptors (Lipinski definition) is 0. The number of rotatable bonds is 5. The Morgan fingerprint density at radius 1 is 0.148 bits per heavy atom. The van der Waals surface area contributed by atoms with Crippen molar-refractivity contribution in [2.45, 2.75) is 310 Å². The summed E-state index contributed by atoms with van der Waals surface area (Å²) < 4.78 is 0. The first kappa shape index (κ1) is 91.7. The van der Waals surface area contributed by atoms with Gasteiger partial charge in [0.25, 0.3) is 0 Å². The van der Waals surface area contributed by atoms with E-state index in [1.807, 2.05) is 0 Å². The lowest BCUT2D eigenvalue weighted by atomic mass is 9.74. The minimum atomic E-state index is 0.0656. The predicted octanol–water partition coefficient (Wildman–Crippen LogP) is 34.2. The Hall–Kier alpha value is -8.84. The van der Waals surface area contributed by atoms with Crippen LogP contribution >= 0.6 is 0 Å². The molecule has 0 amide bonds. The summed E-state index contributed by atoms with van der Waals surface area (Å²) in [5.74, 6) is 0. The first-order valence-corrected chi connectivity index (χ1v) is 42.7. The fourth-order valence-electron chi connectivity index (χ4n) is 15.6. The molecular weight excluding hydrogens is 1380 g/mol. The van der Waals surface area contributed by atoms with Gasteiger partial charge in [0.2, 0.25) is 0 Å². The highest BCUT2D eigenvalue weighted by Gasteiger charge is 2.32. The van der Waals surface area contributed by atoms with Gasteiger partial charge in [0.05, 0.1) is 0 Å². The Morgan fingerprint density at radius 2 is 0.374 bits per heavy atom. The number of benzene rings is 12. The van der Waals surface area contributed by atoms with Gasteiger partial charge in [-0.1, -0.05) is 436 Å². The Morgan fingerprint density at radius 3 is 0.626 bits per heavy atom. The normalized spacial score (nSPS) is 12.6. The molecule has 0 nitrogen and oxygen atoms in total. The van der Waals surface area contributed by atoms with E-state index >= 15 is 0 Å². The molecule has 0 aromatic heterocycles. The van der Waals surface area contributed by atoms with Gasteiger partial charge in [-0.2, -0.15) is 0 Å². The van der Waals surface area contributed by atoms with Gasteiger partial charge in [-0.3, -0.25) is 0 Å². The van der Waals surface area contributed by atoms with E-state index in [0.717, 1.165) is 0 Å². The molecule has 0 atom stereocenters. The van der Waals surface area contributed by atoms with E-state index in [0.29, 0.717) is 0 Å². The van der Waals surface area contributed by atoms with Crippen LogP contribution in [0.1, 0.15) is 302 Å². The Kier molecular flexibility index (Phi) is 27.7. The van der Waals surface area contributed by atoms with Gasteiger partial charge in [0, 0.05) is 0 Å². The molecule has 0 N–H and O–H groups in total. The maximum Gasteiger partial charge on any atom is -0.0125 e. The zero-order chi connectivity index (χ0) is 86.1. The maximum absolute atomic E-state index is 2.44. The molecule has 0 unspecified atom stereocenters. The minimum Gasteiger partial charge on any atom is -0.0622 e. The van der Waals surface area contributed by atoms with Crippen molar-refractivity contribution in [1.82, 2.24) is 0 Å². The molecule has 0 bridgehead atoms. The topological polar surface area (TPSA) is 0 Å². The molecule has 0 saturated carbocycles. The third kappa shape index (κ3) is 23.7. The van der Waals surface area contributed by atoms with Crippen molar-refractivity contribution in [3.05, 3.63) is 319 Å². The lowest BCUT2D eigenvalue weighted by molar-refractivity contribution is 0.531. The van der Waals surface area contributed by atoms with E-state index in [9.17, 15) is 0 Å². The second kappa shape index (κ2) is 34.8. The summed E-state index contributed by atoms with van der Waals surface area (Å²) in [5, 5.41) is 5.44. The molecule has 12 aromatic rings. The van der Waals surface area contributed by atoms with Gasteiger partial charge in [0.15, 0.2) is 0 Å². The fourth-order valence-corrected chi connectivity index (χ4v) is 15.6. The summed E-state index contributed by atoms with van der Waals surface area (Å²) in [6.07, 6.45) is 0. The second-order valence-corrected chi connectivity index (χ2v) is 43.9. The first-order valence-electron chi connectivity index (χ1n) is 42.7. The van der Waals surface area contributed by atoms with Crippen LogP contribution < -0.4 is 0 Å². The SMILES string of the molecule is Cc1cc2cc(C(C)(C)C)c(C(C)(C)C)cc2cc1C.Cc1ccc(-c2cc(C(C)(C)C)c(-c3ccc(C)cc3)cc2C(C)(C)C)cc1.Cc1ccc(-c2cc(C(C)(C)C)c(-c3ccccc3)cc2C(C)(C)C)cc1.Cc1ccc(-c2cc(C(C)(C)C)ccc2C(C)(C)C)cc1.Cc1ccc2cc(C(C)(C)C)c(C(C)(C)C)cc2c1. The highest BCUT2D eigenvalue weighted by atomic mass is 14.4. The number of hydrogen-bond donors (Lipinski definition) is 0. The van der Waals surface area contributed by atoms with E-state index in [-0.39, 0.29) is 54.1 Å². The largest absolute Gasteiger partial charge is 0.0622 e. The van der Waals surface area contributed by atoms with Crippen molar-refractivity contribution >= 4 is 21.5 Å². The van der Waals surface area contributed by atoms with Crippen molar-refractivity contribution in [2.24, 2.45) is 0 Å². The van der Waals surface area contributed by atoms with Crippen molar-refractivity contribution in [3.8, 4) is 55.6 Å². The summed E-state index contributed by atoms with van der Waals surface area (Å²) in [4.78, 5) is 0. The monoisotopic (exact) mass is 1530 g/mol. The molecule has 0 aliphatic rings. The smallest absolute Gasteiger partial charge is 0.0125 e. The maximum atomic E-state index is 2.44. The Labute approximate surface area is 701 Å². The Bertz CT molecular complexity index is 5150. The fraction of sp³-hybridized carbons (Fsp3) is 0.409. The molecule has 0 heterocycles. The molecule has 0 aliphatic heterocycles. The summed E-state index contributed by atoms with van der Waals surface area (Å²) in [5.41, 5.74) is 38.2. The molecule has 0 spiro atoms. The molecule has 115 heavy (non-hydrogen) atoms. The lowest BCUT2D eigenvalue weighted by Gasteiger charge is -2.31. The minimum absolute atomic E-state index is 0.0656. The lowest BCUT2D eigenvalue weighted by Crippen LogP contribution is -2.21. The molecular formula is C115H148. The zero-order valence-electron chi connectivity index (χ0n) is 78.9. The highest BCUT2D eigenvalue weighted by Crippen LogP contribution is 2.47. The zero-order valence-corrected chi connectivity index (χ0v) is 78.9. The van der Waals surface area contributed by atoms with E-state index in [4.69, 9.17) is 0 Å². The predicted molar refractivity (Wildman–Crippen MR) is 515 cm³/mol. The van der Waals surface area contributed by atoms with Crippen LogP contribution in [0.15, 0.2) is 224 Å². The van der Waals surface area contributed by atoms with E-state index in [1.165, 1.54) is 172 Å². The van der Waals surface area contributed by atoms with Crippen molar-refractivity contribution in [1.29, 1.82) is 0 Å². The van der Waals surface area contributed by atoms with Gasteiger partial charge in [-0.25, -0.2) is 0 Å². The van der Waals surface area contributed by atoms with Crippen LogP contribution in [0.4, 0.5) is 0 Å². The molecule has 0 radical (unpaired) electrons. The molecule has 0 aliphatic carbocycles. The van der Waals surface area contributed by atoms with Gasteiger partial charge in [-0.15, -0.1) is 0 Å². The molecule has 608 valence electrons. The average Bonchev–Trinajstić information content (AvgIpc) is 0.770. The quantitative estimate of drug-likeness (QED) is 0.161. The summed E-state index contributed by atoms with van der Waals surface area (Å²) in [6.45, 7) is 84.3. The summed E-state index contributed by atoms with van der Waals surface area (Å²) in [7, 11) is 0. The molecule has 0 heteroatoms. The van der Waals surface area contributed by atoms with Crippen LogP contribution in [-0.4, -0.2) is 0 Å². The van der Waals surface area contributed by atoms with Gasteiger partial charge >= 0.3 is 0 Å². The second-order valence-electron chi connectivity index (χ2n) is 43.9. The van der Waals surface area contributed by atoms with E-state index in [2.05, 4.69) is 481 Å². The third-order valence-electron chi connectivity index (χ3n) is 22.7.